The number of anilines is 2. The lowest BCUT2D eigenvalue weighted by Gasteiger charge is -2.13. The fraction of sp³-hybridized carbons (Fsp3) is 0.154. The van der Waals surface area contributed by atoms with Crippen LogP contribution in [0.5, 0.6) is 11.5 Å². The van der Waals surface area contributed by atoms with Crippen molar-refractivity contribution in [1.29, 1.82) is 0 Å². The number of benzene rings is 3. The van der Waals surface area contributed by atoms with Gasteiger partial charge in [0.05, 0.1) is 24.2 Å². The Morgan fingerprint density at radius 3 is 2.32 bits per heavy atom. The van der Waals surface area contributed by atoms with Gasteiger partial charge < -0.3 is 20.1 Å². The second-order valence-electron chi connectivity index (χ2n) is 7.45. The highest BCUT2D eigenvalue weighted by Crippen LogP contribution is 2.28. The third-order valence-electron chi connectivity index (χ3n) is 4.65. The first-order valence-electron chi connectivity index (χ1n) is 11.2. The van der Waals surface area contributed by atoms with Crippen molar-refractivity contribution >= 4 is 51.2 Å². The first kappa shape index (κ1) is 27.3. The Bertz CT molecular complexity index is 1300. The molecule has 0 heterocycles. The molecule has 0 atom stereocenters. The van der Waals surface area contributed by atoms with Crippen LogP contribution < -0.4 is 25.5 Å². The maximum Gasteiger partial charge on any atom is 0.262 e. The molecule has 0 radical (unpaired) electrons. The summed E-state index contributed by atoms with van der Waals surface area (Å²) in [6.07, 6.45) is 0.964. The minimum Gasteiger partial charge on any atom is -0.490 e. The van der Waals surface area contributed by atoms with Crippen LogP contribution >= 0.6 is 15.9 Å². The van der Waals surface area contributed by atoms with Gasteiger partial charge in [0.1, 0.15) is 12.2 Å². The second-order valence-corrected chi connectivity index (χ2v) is 8.31. The van der Waals surface area contributed by atoms with Crippen LogP contribution in [-0.4, -0.2) is 37.1 Å². The number of para-hydroxylation sites is 2. The maximum atomic E-state index is 13.7. The summed E-state index contributed by atoms with van der Waals surface area (Å²) in [6.45, 7) is 1.76. The van der Waals surface area contributed by atoms with E-state index in [2.05, 4.69) is 37.1 Å². The fourth-order valence-corrected chi connectivity index (χ4v) is 3.39. The summed E-state index contributed by atoms with van der Waals surface area (Å²) in [6, 6.07) is 17.7. The lowest BCUT2D eigenvalue weighted by Crippen LogP contribution is -2.24. The number of nitrogens with zero attached hydrogens (tertiary/aromatic N) is 1. The molecule has 0 aliphatic heterocycles. The predicted molar refractivity (Wildman–Crippen MR) is 141 cm³/mol. The van der Waals surface area contributed by atoms with Crippen LogP contribution in [0.25, 0.3) is 0 Å². The van der Waals surface area contributed by atoms with E-state index < -0.39 is 30.0 Å². The first-order chi connectivity index (χ1) is 17.9. The molecule has 3 N–H and O–H groups in total. The lowest BCUT2D eigenvalue weighted by molar-refractivity contribution is -0.126. The molecule has 0 bridgehead atoms. The van der Waals surface area contributed by atoms with E-state index in [4.69, 9.17) is 9.47 Å². The zero-order valence-corrected chi connectivity index (χ0v) is 21.4. The number of carbonyl (C=O) groups excluding carboxylic acids is 3. The maximum absolute atomic E-state index is 13.7. The van der Waals surface area contributed by atoms with Crippen molar-refractivity contribution in [3.05, 3.63) is 82.6 Å². The third-order valence-corrected chi connectivity index (χ3v) is 5.34. The number of halogens is 2. The van der Waals surface area contributed by atoms with Crippen molar-refractivity contribution in [2.75, 3.05) is 23.8 Å². The summed E-state index contributed by atoms with van der Waals surface area (Å²) < 4.78 is 25.5. The van der Waals surface area contributed by atoms with E-state index in [0.29, 0.717) is 33.8 Å². The Labute approximate surface area is 221 Å². The largest absolute Gasteiger partial charge is 0.490 e. The number of hydrogen-bond donors (Lipinski definition) is 3. The molecule has 3 aromatic carbocycles. The number of nitrogens with one attached hydrogen (secondary N) is 3. The van der Waals surface area contributed by atoms with Gasteiger partial charge in [-0.3, -0.25) is 14.4 Å². The Kier molecular flexibility index (Phi) is 10.1. The van der Waals surface area contributed by atoms with Gasteiger partial charge in [-0.15, -0.1) is 0 Å². The van der Waals surface area contributed by atoms with E-state index in [-0.39, 0.29) is 12.3 Å². The van der Waals surface area contributed by atoms with Gasteiger partial charge in [-0.2, -0.15) is 5.10 Å². The van der Waals surface area contributed by atoms with Gasteiger partial charge in [0.25, 0.3) is 5.91 Å². The molecule has 192 valence electrons. The van der Waals surface area contributed by atoms with Crippen LogP contribution in [0.15, 0.2) is 76.3 Å². The molecular weight excluding hydrogens is 547 g/mol. The highest BCUT2D eigenvalue weighted by atomic mass is 79.9. The molecule has 37 heavy (non-hydrogen) atoms. The van der Waals surface area contributed by atoms with Gasteiger partial charge in [-0.25, -0.2) is 9.82 Å². The van der Waals surface area contributed by atoms with Crippen LogP contribution in [0, 0.1) is 5.82 Å². The molecule has 0 saturated heterocycles. The summed E-state index contributed by atoms with van der Waals surface area (Å²) in [5.41, 5.74) is 3.48. The molecule has 0 aromatic heterocycles. The summed E-state index contributed by atoms with van der Waals surface area (Å²) in [5, 5.41) is 8.95. The van der Waals surface area contributed by atoms with Gasteiger partial charge >= 0.3 is 0 Å². The molecule has 3 aromatic rings. The number of hydrazone groups is 1. The van der Waals surface area contributed by atoms with E-state index in [9.17, 15) is 18.8 Å². The molecule has 0 fully saturated rings. The van der Waals surface area contributed by atoms with Crippen LogP contribution in [0.3, 0.4) is 0 Å². The van der Waals surface area contributed by atoms with Gasteiger partial charge in [-0.1, -0.05) is 24.3 Å². The van der Waals surface area contributed by atoms with Gasteiger partial charge in [0.2, 0.25) is 11.8 Å². The molecule has 0 spiro atoms. The Morgan fingerprint density at radius 1 is 0.892 bits per heavy atom. The third kappa shape index (κ3) is 8.73. The molecule has 0 unspecified atom stereocenters. The average molecular weight is 571 g/mol. The topological polar surface area (TPSA) is 118 Å². The molecule has 0 aliphatic rings. The van der Waals surface area contributed by atoms with Crippen molar-refractivity contribution in [1.82, 2.24) is 5.43 Å². The smallest absolute Gasteiger partial charge is 0.262 e. The van der Waals surface area contributed by atoms with Crippen molar-refractivity contribution in [3.8, 4) is 11.5 Å². The fourth-order valence-electron chi connectivity index (χ4n) is 3.01. The van der Waals surface area contributed by atoms with Crippen LogP contribution in [0.2, 0.25) is 0 Å². The van der Waals surface area contributed by atoms with Crippen molar-refractivity contribution < 1.29 is 28.2 Å². The first-order valence-corrected chi connectivity index (χ1v) is 11.9. The second kappa shape index (κ2) is 13.7. The summed E-state index contributed by atoms with van der Waals surface area (Å²) >= 11 is 3.32. The zero-order valence-electron chi connectivity index (χ0n) is 19.8. The van der Waals surface area contributed by atoms with E-state index >= 15 is 0 Å². The zero-order chi connectivity index (χ0) is 26.6. The Morgan fingerprint density at radius 2 is 1.59 bits per heavy atom. The number of ether oxygens (including phenoxy) is 2. The minimum atomic E-state index is -0.591. The molecule has 11 heteroatoms. The standard InChI is InChI=1S/C26H24BrFN4O5/c1-2-36-23-13-17(11-12-22(23)37-16-26(35)31-21-10-6-4-8-19(21)28)15-29-32-25(34)14-24(33)30-20-9-5-3-7-18(20)27/h3-13,15H,2,14,16H2,1H3,(H,30,33)(H,31,35)(H,32,34). The number of carbonyl (C=O) groups is 3. The van der Waals surface area contributed by atoms with Gasteiger partial charge in [0, 0.05) is 4.47 Å². The molecule has 0 saturated carbocycles. The molecular formula is C26H24BrFN4O5. The normalized spacial score (nSPS) is 10.6. The number of amides is 3. The highest BCUT2D eigenvalue weighted by Gasteiger charge is 2.12. The van der Waals surface area contributed by atoms with E-state index in [0.717, 1.165) is 0 Å². The Hall–Kier alpha value is -4.25. The molecule has 9 nitrogen and oxygen atoms in total. The predicted octanol–water partition coefficient (Wildman–Crippen LogP) is 4.48. The van der Waals surface area contributed by atoms with E-state index in [1.165, 1.54) is 24.4 Å². The van der Waals surface area contributed by atoms with E-state index in [1.807, 2.05) is 6.07 Å². The molecule has 3 rings (SSSR count). The monoisotopic (exact) mass is 570 g/mol. The van der Waals surface area contributed by atoms with Gasteiger partial charge in [-0.05, 0) is 70.9 Å². The number of rotatable bonds is 11. The SMILES string of the molecule is CCOc1cc(C=NNC(=O)CC(=O)Nc2ccccc2Br)ccc1OCC(=O)Nc1ccccc1F. The Balaban J connectivity index is 1.52. The quantitative estimate of drug-likeness (QED) is 0.178. The molecule has 0 aliphatic carbocycles. The highest BCUT2D eigenvalue weighted by molar-refractivity contribution is 9.10. The summed E-state index contributed by atoms with van der Waals surface area (Å²) in [4.78, 5) is 36.2. The van der Waals surface area contributed by atoms with E-state index in [1.54, 1.807) is 49.4 Å². The lowest BCUT2D eigenvalue weighted by atomic mass is 10.2. The van der Waals surface area contributed by atoms with Crippen molar-refractivity contribution in [3.63, 3.8) is 0 Å². The van der Waals surface area contributed by atoms with Crippen molar-refractivity contribution in [2.45, 2.75) is 13.3 Å². The summed E-state index contributed by atoms with van der Waals surface area (Å²) in [7, 11) is 0. The minimum absolute atomic E-state index is 0.0557. The van der Waals surface area contributed by atoms with Gasteiger partial charge in [0.15, 0.2) is 18.1 Å². The van der Waals surface area contributed by atoms with Crippen molar-refractivity contribution in [2.24, 2.45) is 5.10 Å². The average Bonchev–Trinajstić information content (AvgIpc) is 2.86. The van der Waals surface area contributed by atoms with Crippen LogP contribution in [0.4, 0.5) is 15.8 Å². The molecule has 3 amide bonds. The van der Waals surface area contributed by atoms with Crippen LogP contribution in [-0.2, 0) is 14.4 Å². The van der Waals surface area contributed by atoms with Crippen LogP contribution in [0.1, 0.15) is 18.9 Å². The number of hydrogen-bond acceptors (Lipinski definition) is 6. The summed E-state index contributed by atoms with van der Waals surface area (Å²) in [5.74, 6) is -1.51.